The Hall–Kier alpha value is -4.13. The molecule has 7 nitrogen and oxygen atoms in total. The summed E-state index contributed by atoms with van der Waals surface area (Å²) in [6.45, 7) is 7.68. The van der Waals surface area contributed by atoms with Gasteiger partial charge in [0.15, 0.2) is 5.76 Å². The van der Waals surface area contributed by atoms with Crippen LogP contribution in [0.4, 0.5) is 5.69 Å². The average Bonchev–Trinajstić information content (AvgIpc) is 3.42. The van der Waals surface area contributed by atoms with E-state index < -0.39 is 0 Å². The maximum absolute atomic E-state index is 13.4. The Labute approximate surface area is 199 Å². The topological polar surface area (TPSA) is 80.4 Å². The highest BCUT2D eigenvalue weighted by Crippen LogP contribution is 2.27. The molecule has 0 saturated carbocycles. The van der Waals surface area contributed by atoms with Crippen LogP contribution in [0.1, 0.15) is 32.8 Å². The summed E-state index contributed by atoms with van der Waals surface area (Å²) in [4.78, 5) is 27.6. The predicted octanol–water partition coefficient (Wildman–Crippen LogP) is 5.08. The summed E-state index contributed by atoms with van der Waals surface area (Å²) in [7, 11) is 1.60. The van der Waals surface area contributed by atoms with Crippen LogP contribution in [0.15, 0.2) is 65.2 Å². The van der Waals surface area contributed by atoms with Crippen molar-refractivity contribution in [2.24, 2.45) is 0 Å². The van der Waals surface area contributed by atoms with E-state index in [2.05, 4.69) is 10.4 Å². The number of amides is 2. The number of benzene rings is 2. The fourth-order valence-corrected chi connectivity index (χ4v) is 4.04. The molecule has 2 heterocycles. The predicted molar refractivity (Wildman–Crippen MR) is 132 cm³/mol. The van der Waals surface area contributed by atoms with Crippen molar-refractivity contribution >= 4 is 17.5 Å². The van der Waals surface area contributed by atoms with Gasteiger partial charge < -0.3 is 14.6 Å². The zero-order chi connectivity index (χ0) is 24.4. The van der Waals surface area contributed by atoms with E-state index in [4.69, 9.17) is 4.42 Å². The first-order chi connectivity index (χ1) is 16.2. The number of aryl methyl sites for hydroxylation is 4. The van der Waals surface area contributed by atoms with Crippen LogP contribution in [-0.4, -0.2) is 40.1 Å². The molecule has 7 heteroatoms. The molecule has 0 unspecified atom stereocenters. The molecule has 2 aromatic heterocycles. The van der Waals surface area contributed by atoms with Crippen LogP contribution < -0.4 is 5.32 Å². The summed E-state index contributed by atoms with van der Waals surface area (Å²) in [5.74, 6) is 0.633. The van der Waals surface area contributed by atoms with E-state index >= 15 is 0 Å². The number of hydrogen-bond acceptors (Lipinski definition) is 4. The highest BCUT2D eigenvalue weighted by Gasteiger charge is 2.25. The molecule has 4 aromatic rings. The quantitative estimate of drug-likeness (QED) is 0.439. The third-order valence-electron chi connectivity index (χ3n) is 5.61. The van der Waals surface area contributed by atoms with E-state index in [0.717, 1.165) is 33.8 Å². The van der Waals surface area contributed by atoms with Crippen molar-refractivity contribution in [2.75, 3.05) is 18.9 Å². The summed E-state index contributed by atoms with van der Waals surface area (Å²) < 4.78 is 7.41. The number of para-hydroxylation sites is 1. The van der Waals surface area contributed by atoms with Crippen LogP contribution in [0.2, 0.25) is 0 Å². The van der Waals surface area contributed by atoms with Crippen molar-refractivity contribution in [3.8, 4) is 17.1 Å². The molecule has 0 spiro atoms. The van der Waals surface area contributed by atoms with Gasteiger partial charge in [-0.05, 0) is 63.1 Å². The lowest BCUT2D eigenvalue weighted by atomic mass is 10.1. The van der Waals surface area contributed by atoms with Gasteiger partial charge in [-0.3, -0.25) is 9.59 Å². The standard InChI is InChI=1S/C27H28N4O3/c1-17-13-18(2)25(19(3)14-17)28-24(32)16-30(5)27(33)22-15-31(21-9-7-6-8-10-21)29-26(22)23-12-11-20(4)34-23/h6-15H,16H2,1-5H3,(H,28,32). The SMILES string of the molecule is Cc1cc(C)c(NC(=O)CN(C)C(=O)c2cn(-c3ccccc3)nc2-c2ccc(C)o2)c(C)c1. The molecule has 34 heavy (non-hydrogen) atoms. The third-order valence-corrected chi connectivity index (χ3v) is 5.61. The smallest absolute Gasteiger partial charge is 0.258 e. The lowest BCUT2D eigenvalue weighted by Crippen LogP contribution is -2.35. The Balaban J connectivity index is 1.59. The van der Waals surface area contributed by atoms with E-state index in [1.54, 1.807) is 24.0 Å². The minimum Gasteiger partial charge on any atom is -0.460 e. The maximum atomic E-state index is 13.4. The van der Waals surface area contributed by atoms with Gasteiger partial charge in [0.1, 0.15) is 11.5 Å². The fraction of sp³-hybridized carbons (Fsp3) is 0.222. The van der Waals surface area contributed by atoms with E-state index in [1.165, 1.54) is 4.90 Å². The first-order valence-corrected chi connectivity index (χ1v) is 11.1. The number of aromatic nitrogens is 2. The molecule has 0 aliphatic heterocycles. The van der Waals surface area contributed by atoms with Crippen LogP contribution >= 0.6 is 0 Å². The molecular weight excluding hydrogens is 428 g/mol. The Bertz CT molecular complexity index is 1330. The van der Waals surface area contributed by atoms with Gasteiger partial charge in [-0.15, -0.1) is 0 Å². The fourth-order valence-electron chi connectivity index (χ4n) is 4.04. The Kier molecular flexibility index (Phi) is 6.36. The Morgan fingerprint density at radius 3 is 2.29 bits per heavy atom. The normalized spacial score (nSPS) is 10.9. The summed E-state index contributed by atoms with van der Waals surface area (Å²) in [6, 6.07) is 17.2. The van der Waals surface area contributed by atoms with E-state index in [-0.39, 0.29) is 18.4 Å². The molecule has 2 amide bonds. The molecule has 4 rings (SSSR count). The molecule has 0 atom stereocenters. The number of hydrogen-bond donors (Lipinski definition) is 1. The van der Waals surface area contributed by atoms with Gasteiger partial charge in [0.2, 0.25) is 5.91 Å². The molecule has 0 saturated heterocycles. The second kappa shape index (κ2) is 9.39. The van der Waals surface area contributed by atoms with Gasteiger partial charge in [0.25, 0.3) is 5.91 Å². The molecule has 1 N–H and O–H groups in total. The molecule has 0 radical (unpaired) electrons. The van der Waals surface area contributed by atoms with Gasteiger partial charge in [-0.1, -0.05) is 35.9 Å². The minimum atomic E-state index is -0.321. The van der Waals surface area contributed by atoms with Gasteiger partial charge in [-0.25, -0.2) is 4.68 Å². The average molecular weight is 457 g/mol. The third kappa shape index (κ3) is 4.78. The molecule has 0 aliphatic carbocycles. The lowest BCUT2D eigenvalue weighted by molar-refractivity contribution is -0.116. The van der Waals surface area contributed by atoms with Crippen molar-refractivity contribution in [3.05, 3.63) is 88.8 Å². The van der Waals surface area contributed by atoms with Crippen LogP contribution in [0.3, 0.4) is 0 Å². The summed E-state index contributed by atoms with van der Waals surface area (Å²) in [6.07, 6.45) is 1.67. The Morgan fingerprint density at radius 2 is 1.68 bits per heavy atom. The zero-order valence-electron chi connectivity index (χ0n) is 20.0. The second-order valence-electron chi connectivity index (χ2n) is 8.56. The first kappa shape index (κ1) is 23.0. The van der Waals surface area contributed by atoms with Crippen LogP contribution in [0.25, 0.3) is 17.1 Å². The van der Waals surface area contributed by atoms with E-state index in [1.807, 2.05) is 76.2 Å². The first-order valence-electron chi connectivity index (χ1n) is 11.1. The highest BCUT2D eigenvalue weighted by atomic mass is 16.3. The molecule has 0 fully saturated rings. The number of carbonyl (C=O) groups is 2. The number of likely N-dealkylation sites (N-methyl/N-ethyl adjacent to an activating group) is 1. The second-order valence-corrected chi connectivity index (χ2v) is 8.56. The van der Waals surface area contributed by atoms with Crippen LogP contribution in [0.5, 0.6) is 0 Å². The number of nitrogens with zero attached hydrogens (tertiary/aromatic N) is 3. The van der Waals surface area contributed by atoms with E-state index in [9.17, 15) is 9.59 Å². The van der Waals surface area contributed by atoms with Gasteiger partial charge in [0, 0.05) is 18.9 Å². The summed E-state index contributed by atoms with van der Waals surface area (Å²) in [5, 5.41) is 7.57. The van der Waals surface area contributed by atoms with Gasteiger partial charge in [0.05, 0.1) is 17.8 Å². The number of furan rings is 1. The largest absolute Gasteiger partial charge is 0.460 e. The van der Waals surface area contributed by atoms with E-state index in [0.29, 0.717) is 17.0 Å². The van der Waals surface area contributed by atoms with Gasteiger partial charge in [-0.2, -0.15) is 5.10 Å². The molecule has 0 aliphatic rings. The van der Waals surface area contributed by atoms with Crippen molar-refractivity contribution in [1.29, 1.82) is 0 Å². The monoisotopic (exact) mass is 456 g/mol. The molecule has 174 valence electrons. The minimum absolute atomic E-state index is 0.0985. The molecule has 2 aromatic carbocycles. The number of anilines is 1. The Morgan fingerprint density at radius 1 is 1.00 bits per heavy atom. The summed E-state index contributed by atoms with van der Waals surface area (Å²) in [5.41, 5.74) is 5.49. The molecule has 0 bridgehead atoms. The van der Waals surface area contributed by atoms with Crippen molar-refractivity contribution in [3.63, 3.8) is 0 Å². The van der Waals surface area contributed by atoms with Crippen molar-refractivity contribution in [1.82, 2.24) is 14.7 Å². The highest BCUT2D eigenvalue weighted by molar-refractivity contribution is 6.02. The number of carbonyl (C=O) groups excluding carboxylic acids is 2. The zero-order valence-corrected chi connectivity index (χ0v) is 20.0. The number of rotatable bonds is 6. The molecular formula is C27H28N4O3. The van der Waals surface area contributed by atoms with Crippen molar-refractivity contribution in [2.45, 2.75) is 27.7 Å². The number of nitrogens with one attached hydrogen (secondary N) is 1. The summed E-state index contributed by atoms with van der Waals surface area (Å²) >= 11 is 0. The maximum Gasteiger partial charge on any atom is 0.258 e. The van der Waals surface area contributed by atoms with Crippen LogP contribution in [-0.2, 0) is 4.79 Å². The lowest BCUT2D eigenvalue weighted by Gasteiger charge is -2.18. The van der Waals surface area contributed by atoms with Crippen LogP contribution in [0, 0.1) is 27.7 Å². The van der Waals surface area contributed by atoms with Crippen molar-refractivity contribution < 1.29 is 14.0 Å². The van der Waals surface area contributed by atoms with Gasteiger partial charge >= 0.3 is 0 Å².